The molecule has 0 fully saturated rings. The Morgan fingerprint density at radius 1 is 1.25 bits per heavy atom. The van der Waals surface area contributed by atoms with Gasteiger partial charge in [-0.3, -0.25) is 0 Å². The second-order valence-corrected chi connectivity index (χ2v) is 5.19. The Balaban J connectivity index is 3.53. The van der Waals surface area contributed by atoms with Crippen molar-refractivity contribution in [2.24, 2.45) is 0 Å². The van der Waals surface area contributed by atoms with Gasteiger partial charge in [0.25, 0.3) is 0 Å². The van der Waals surface area contributed by atoms with Crippen molar-refractivity contribution in [1.29, 1.82) is 0 Å². The molecule has 0 aromatic rings. The third kappa shape index (κ3) is 6.95. The highest BCUT2D eigenvalue weighted by atomic mass is 32.2. The zero-order chi connectivity index (χ0) is 9.56. The summed E-state index contributed by atoms with van der Waals surface area (Å²) in [5.41, 5.74) is 0. The van der Waals surface area contributed by atoms with E-state index in [1.807, 2.05) is 11.8 Å². The van der Waals surface area contributed by atoms with Crippen molar-refractivity contribution in [3.05, 3.63) is 0 Å². The molecule has 74 valence electrons. The molecular weight excluding hydrogens is 170 g/mol. The first kappa shape index (κ1) is 12.3. The van der Waals surface area contributed by atoms with E-state index in [1.54, 1.807) is 0 Å². The maximum absolute atomic E-state index is 9.01. The van der Waals surface area contributed by atoms with Gasteiger partial charge in [-0.25, -0.2) is 0 Å². The van der Waals surface area contributed by atoms with Crippen molar-refractivity contribution in [2.75, 3.05) is 12.4 Å². The number of hydrogen-bond donors (Lipinski definition) is 2. The van der Waals surface area contributed by atoms with E-state index in [2.05, 4.69) is 33.0 Å². The zero-order valence-electron chi connectivity index (χ0n) is 8.50. The minimum absolute atomic E-state index is 0.234. The Kier molecular flexibility index (Phi) is 6.90. The average Bonchev–Trinajstić information content (AvgIpc) is 1.97. The number of aliphatic hydroxyl groups excluding tert-OH is 1. The summed E-state index contributed by atoms with van der Waals surface area (Å²) in [7, 11) is 0. The Labute approximate surface area is 80.1 Å². The summed E-state index contributed by atoms with van der Waals surface area (Å²) in [5, 5.41) is 13.0. The van der Waals surface area contributed by atoms with Crippen molar-refractivity contribution in [3.63, 3.8) is 0 Å². The summed E-state index contributed by atoms with van der Waals surface area (Å²) in [4.78, 5) is 0. The van der Waals surface area contributed by atoms with Crippen LogP contribution >= 0.6 is 11.8 Å². The number of nitrogens with one attached hydrogen (secondary N) is 1. The van der Waals surface area contributed by atoms with E-state index in [-0.39, 0.29) is 12.6 Å². The minimum atomic E-state index is 0.234. The fourth-order valence-corrected chi connectivity index (χ4v) is 1.75. The number of hydrogen-bond acceptors (Lipinski definition) is 3. The summed E-state index contributed by atoms with van der Waals surface area (Å²) in [6.07, 6.45) is 0. The molecule has 0 aromatic heterocycles. The first-order valence-electron chi connectivity index (χ1n) is 4.54. The number of aliphatic hydroxyl groups is 1. The van der Waals surface area contributed by atoms with Crippen molar-refractivity contribution >= 4 is 11.8 Å². The Morgan fingerprint density at radius 3 is 2.17 bits per heavy atom. The van der Waals surface area contributed by atoms with Crippen LogP contribution in [0, 0.1) is 0 Å². The second-order valence-electron chi connectivity index (χ2n) is 3.58. The van der Waals surface area contributed by atoms with Crippen LogP contribution < -0.4 is 5.32 Å². The van der Waals surface area contributed by atoms with Crippen molar-refractivity contribution in [2.45, 2.75) is 45.0 Å². The Bertz CT molecular complexity index is 107. The van der Waals surface area contributed by atoms with Gasteiger partial charge >= 0.3 is 0 Å². The van der Waals surface area contributed by atoms with E-state index in [4.69, 9.17) is 5.11 Å². The molecule has 3 heteroatoms. The largest absolute Gasteiger partial charge is 0.395 e. The van der Waals surface area contributed by atoms with Crippen LogP contribution in [0.1, 0.15) is 27.7 Å². The minimum Gasteiger partial charge on any atom is -0.395 e. The van der Waals surface area contributed by atoms with Crippen molar-refractivity contribution < 1.29 is 5.11 Å². The molecule has 0 aromatic carbocycles. The summed E-state index contributed by atoms with van der Waals surface area (Å²) in [6.45, 7) is 8.78. The van der Waals surface area contributed by atoms with Gasteiger partial charge in [-0.15, -0.1) is 0 Å². The summed E-state index contributed by atoms with van der Waals surface area (Å²) in [5.74, 6) is 0.992. The fourth-order valence-electron chi connectivity index (χ4n) is 0.934. The first-order valence-corrected chi connectivity index (χ1v) is 5.59. The van der Waals surface area contributed by atoms with Crippen LogP contribution in [0.15, 0.2) is 0 Å². The average molecular weight is 191 g/mol. The Morgan fingerprint density at radius 2 is 1.83 bits per heavy atom. The molecule has 0 heterocycles. The summed E-state index contributed by atoms with van der Waals surface area (Å²) < 4.78 is 0. The lowest BCUT2D eigenvalue weighted by molar-refractivity contribution is 0.247. The van der Waals surface area contributed by atoms with Gasteiger partial charge in [0, 0.05) is 17.8 Å². The van der Waals surface area contributed by atoms with Crippen LogP contribution in [-0.2, 0) is 0 Å². The molecule has 0 aliphatic rings. The molecule has 1 unspecified atom stereocenters. The normalized spacial score (nSPS) is 14.2. The maximum atomic E-state index is 9.01. The van der Waals surface area contributed by atoms with Crippen molar-refractivity contribution in [3.8, 4) is 0 Å². The first-order chi connectivity index (χ1) is 5.56. The molecule has 0 spiro atoms. The lowest BCUT2D eigenvalue weighted by Gasteiger charge is -2.19. The van der Waals surface area contributed by atoms with E-state index < -0.39 is 0 Å². The maximum Gasteiger partial charge on any atom is 0.0592 e. The van der Waals surface area contributed by atoms with Crippen LogP contribution in [0.5, 0.6) is 0 Å². The molecule has 0 aliphatic carbocycles. The topological polar surface area (TPSA) is 32.3 Å². The van der Waals surface area contributed by atoms with Crippen molar-refractivity contribution in [1.82, 2.24) is 5.32 Å². The molecule has 2 nitrogen and oxygen atoms in total. The summed E-state index contributed by atoms with van der Waals surface area (Å²) >= 11 is 1.88. The van der Waals surface area contributed by atoms with Gasteiger partial charge in [0.15, 0.2) is 0 Å². The van der Waals surface area contributed by atoms with Crippen LogP contribution in [0.25, 0.3) is 0 Å². The van der Waals surface area contributed by atoms with E-state index >= 15 is 0 Å². The van der Waals surface area contributed by atoms with Crippen LogP contribution in [-0.4, -0.2) is 34.8 Å². The lowest BCUT2D eigenvalue weighted by atomic mass is 10.3. The highest BCUT2D eigenvalue weighted by Gasteiger charge is 2.08. The predicted octanol–water partition coefficient (Wildman–Crippen LogP) is 1.49. The number of thioether (sulfide) groups is 1. The molecule has 0 bridgehead atoms. The fraction of sp³-hybridized carbons (Fsp3) is 1.00. The van der Waals surface area contributed by atoms with Gasteiger partial charge in [0.2, 0.25) is 0 Å². The van der Waals surface area contributed by atoms with E-state index in [9.17, 15) is 0 Å². The highest BCUT2D eigenvalue weighted by molar-refractivity contribution is 7.99. The van der Waals surface area contributed by atoms with Gasteiger partial charge in [-0.2, -0.15) is 11.8 Å². The van der Waals surface area contributed by atoms with Crippen LogP contribution in [0.4, 0.5) is 0 Å². The highest BCUT2D eigenvalue weighted by Crippen LogP contribution is 2.10. The van der Waals surface area contributed by atoms with E-state index in [0.29, 0.717) is 11.3 Å². The quantitative estimate of drug-likeness (QED) is 0.667. The van der Waals surface area contributed by atoms with Gasteiger partial charge in [0.1, 0.15) is 0 Å². The molecule has 0 saturated carbocycles. The van der Waals surface area contributed by atoms with Gasteiger partial charge < -0.3 is 10.4 Å². The standard InChI is InChI=1S/C9H21NOS/c1-7(2)10-9(5-11)6-12-8(3)4/h7-11H,5-6H2,1-4H3. The summed E-state index contributed by atoms with van der Waals surface area (Å²) in [6, 6.07) is 0.701. The smallest absolute Gasteiger partial charge is 0.0592 e. The molecule has 0 rings (SSSR count). The zero-order valence-corrected chi connectivity index (χ0v) is 9.32. The molecule has 0 amide bonds. The van der Waals surface area contributed by atoms with E-state index in [0.717, 1.165) is 5.75 Å². The monoisotopic (exact) mass is 191 g/mol. The molecule has 2 N–H and O–H groups in total. The second kappa shape index (κ2) is 6.75. The van der Waals surface area contributed by atoms with Gasteiger partial charge in [0.05, 0.1) is 6.61 Å². The van der Waals surface area contributed by atoms with Gasteiger partial charge in [-0.1, -0.05) is 27.7 Å². The van der Waals surface area contributed by atoms with Crippen LogP contribution in [0.2, 0.25) is 0 Å². The Hall–Kier alpha value is 0.270. The third-order valence-electron chi connectivity index (χ3n) is 1.42. The number of rotatable bonds is 6. The van der Waals surface area contributed by atoms with Gasteiger partial charge in [-0.05, 0) is 5.25 Å². The lowest BCUT2D eigenvalue weighted by Crippen LogP contribution is -2.39. The van der Waals surface area contributed by atoms with Crippen LogP contribution in [0.3, 0.4) is 0 Å². The SMILES string of the molecule is CC(C)NC(CO)CSC(C)C. The van der Waals surface area contributed by atoms with E-state index in [1.165, 1.54) is 0 Å². The molecule has 12 heavy (non-hydrogen) atoms. The predicted molar refractivity (Wildman–Crippen MR) is 56.7 cm³/mol. The molecule has 0 saturated heterocycles. The third-order valence-corrected chi connectivity index (χ3v) is 2.68. The molecule has 1 atom stereocenters. The molecule has 0 aliphatic heterocycles. The molecule has 0 radical (unpaired) electrons. The molecular formula is C9H21NOS.